The summed E-state index contributed by atoms with van der Waals surface area (Å²) in [6, 6.07) is 18.6. The lowest BCUT2D eigenvalue weighted by Gasteiger charge is -2.41. The van der Waals surface area contributed by atoms with Gasteiger partial charge < -0.3 is 14.6 Å². The van der Waals surface area contributed by atoms with Crippen molar-refractivity contribution in [1.29, 1.82) is 0 Å². The van der Waals surface area contributed by atoms with Gasteiger partial charge in [0.2, 0.25) is 0 Å². The van der Waals surface area contributed by atoms with Gasteiger partial charge in [0.1, 0.15) is 5.75 Å². The maximum atomic E-state index is 12.2. The molecule has 1 aliphatic heterocycles. The highest BCUT2D eigenvalue weighted by Crippen LogP contribution is 2.42. The van der Waals surface area contributed by atoms with Crippen LogP contribution in [-0.4, -0.2) is 49.5 Å². The van der Waals surface area contributed by atoms with Crippen LogP contribution in [0.25, 0.3) is 0 Å². The van der Waals surface area contributed by atoms with Crippen molar-refractivity contribution in [1.82, 2.24) is 4.90 Å². The lowest BCUT2D eigenvalue weighted by Crippen LogP contribution is -2.45. The maximum Gasteiger partial charge on any atom is 0.119 e. The van der Waals surface area contributed by atoms with Gasteiger partial charge >= 0.3 is 0 Å². The summed E-state index contributed by atoms with van der Waals surface area (Å²) in [6.07, 6.45) is 5.09. The summed E-state index contributed by atoms with van der Waals surface area (Å²) in [7, 11) is 0. The van der Waals surface area contributed by atoms with Gasteiger partial charge in [-0.2, -0.15) is 0 Å². The van der Waals surface area contributed by atoms with Crippen molar-refractivity contribution in [2.24, 2.45) is 0 Å². The average molecular weight is 426 g/mol. The average Bonchev–Trinajstić information content (AvgIpc) is 2.82. The molecule has 1 aliphatic rings. The summed E-state index contributed by atoms with van der Waals surface area (Å²) in [5.41, 5.74) is 1.22. The molecule has 2 unspecified atom stereocenters. The standard InChI is InChI=1S/C27H39NO3/c1-3-5-9-19-31-25-14-12-24(13-15-25)27(29,16-4-2)26(23-10-7-6-8-11-23)22-28-17-20-30-21-18-28/h6-8,10-15,26,29H,3-5,9,16-22H2,1-2H3. The molecule has 0 radical (unpaired) electrons. The Morgan fingerprint density at radius 2 is 1.68 bits per heavy atom. The zero-order chi connectivity index (χ0) is 21.9. The Hall–Kier alpha value is -1.88. The van der Waals surface area contributed by atoms with Crippen LogP contribution < -0.4 is 4.74 Å². The van der Waals surface area contributed by atoms with Crippen molar-refractivity contribution in [3.63, 3.8) is 0 Å². The third-order valence-electron chi connectivity index (χ3n) is 6.32. The van der Waals surface area contributed by atoms with Crippen molar-refractivity contribution in [2.45, 2.75) is 57.5 Å². The molecule has 170 valence electrons. The van der Waals surface area contributed by atoms with E-state index in [4.69, 9.17) is 9.47 Å². The Morgan fingerprint density at radius 3 is 2.32 bits per heavy atom. The van der Waals surface area contributed by atoms with Crippen LogP contribution in [-0.2, 0) is 10.3 Å². The number of morpholine rings is 1. The van der Waals surface area contributed by atoms with Crippen molar-refractivity contribution in [3.8, 4) is 5.75 Å². The molecule has 0 aromatic heterocycles. The quantitative estimate of drug-likeness (QED) is 0.465. The summed E-state index contributed by atoms with van der Waals surface area (Å²) in [5.74, 6) is 0.867. The van der Waals surface area contributed by atoms with Crippen molar-refractivity contribution in [2.75, 3.05) is 39.5 Å². The van der Waals surface area contributed by atoms with E-state index in [1.807, 2.05) is 18.2 Å². The topological polar surface area (TPSA) is 41.9 Å². The predicted octanol–water partition coefficient (Wildman–Crippen LogP) is 5.36. The third-order valence-corrected chi connectivity index (χ3v) is 6.32. The van der Waals surface area contributed by atoms with E-state index in [1.165, 1.54) is 18.4 Å². The minimum absolute atomic E-state index is 0.0110. The number of unbranched alkanes of at least 4 members (excludes halogenated alkanes) is 2. The van der Waals surface area contributed by atoms with Crippen LogP contribution in [0.2, 0.25) is 0 Å². The van der Waals surface area contributed by atoms with Gasteiger partial charge in [-0.3, -0.25) is 4.90 Å². The summed E-state index contributed by atoms with van der Waals surface area (Å²) in [5, 5.41) is 12.2. The minimum atomic E-state index is -0.935. The van der Waals surface area contributed by atoms with E-state index < -0.39 is 5.60 Å². The van der Waals surface area contributed by atoms with Crippen LogP contribution in [0.4, 0.5) is 0 Å². The van der Waals surface area contributed by atoms with Gasteiger partial charge in [-0.25, -0.2) is 0 Å². The number of rotatable bonds is 12. The van der Waals surface area contributed by atoms with E-state index in [1.54, 1.807) is 0 Å². The van der Waals surface area contributed by atoms with Gasteiger partial charge in [0.25, 0.3) is 0 Å². The van der Waals surface area contributed by atoms with Gasteiger partial charge in [-0.15, -0.1) is 0 Å². The van der Waals surface area contributed by atoms with Crippen molar-refractivity contribution < 1.29 is 14.6 Å². The molecule has 0 saturated carbocycles. The molecule has 4 nitrogen and oxygen atoms in total. The zero-order valence-electron chi connectivity index (χ0n) is 19.3. The van der Waals surface area contributed by atoms with Crippen LogP contribution >= 0.6 is 0 Å². The smallest absolute Gasteiger partial charge is 0.119 e. The molecule has 1 heterocycles. The highest BCUT2D eigenvalue weighted by molar-refractivity contribution is 5.35. The van der Waals surface area contributed by atoms with Crippen LogP contribution in [0.3, 0.4) is 0 Å². The van der Waals surface area contributed by atoms with E-state index in [-0.39, 0.29) is 5.92 Å². The zero-order valence-corrected chi connectivity index (χ0v) is 19.3. The lowest BCUT2D eigenvalue weighted by molar-refractivity contribution is -0.0285. The minimum Gasteiger partial charge on any atom is -0.494 e. The van der Waals surface area contributed by atoms with Crippen molar-refractivity contribution in [3.05, 3.63) is 65.7 Å². The summed E-state index contributed by atoms with van der Waals surface area (Å²) in [4.78, 5) is 2.42. The van der Waals surface area contributed by atoms with Gasteiger partial charge in [0, 0.05) is 25.6 Å². The van der Waals surface area contributed by atoms with E-state index >= 15 is 0 Å². The van der Waals surface area contributed by atoms with Gasteiger partial charge in [-0.1, -0.05) is 75.6 Å². The highest BCUT2D eigenvalue weighted by atomic mass is 16.5. The lowest BCUT2D eigenvalue weighted by atomic mass is 9.74. The number of hydrogen-bond acceptors (Lipinski definition) is 4. The molecule has 2 atom stereocenters. The van der Waals surface area contributed by atoms with Gasteiger partial charge in [0.15, 0.2) is 0 Å². The number of hydrogen-bond donors (Lipinski definition) is 1. The monoisotopic (exact) mass is 425 g/mol. The molecular formula is C27H39NO3. The molecule has 1 fully saturated rings. The van der Waals surface area contributed by atoms with Crippen molar-refractivity contribution >= 4 is 0 Å². The molecular weight excluding hydrogens is 386 g/mol. The fourth-order valence-electron chi connectivity index (χ4n) is 4.54. The molecule has 2 aromatic carbocycles. The Labute approximate surface area is 188 Å². The molecule has 31 heavy (non-hydrogen) atoms. The van der Waals surface area contributed by atoms with E-state index in [2.05, 4.69) is 55.1 Å². The van der Waals surface area contributed by atoms with Crippen LogP contribution in [0.15, 0.2) is 54.6 Å². The molecule has 1 saturated heterocycles. The van der Waals surface area contributed by atoms with Gasteiger partial charge in [-0.05, 0) is 36.1 Å². The normalized spacial score (nSPS) is 17.8. The van der Waals surface area contributed by atoms with Gasteiger partial charge in [0.05, 0.1) is 25.4 Å². The number of aliphatic hydroxyl groups is 1. The second-order valence-corrected chi connectivity index (χ2v) is 8.63. The summed E-state index contributed by atoms with van der Waals surface area (Å²) >= 11 is 0. The molecule has 1 N–H and O–H groups in total. The third kappa shape index (κ3) is 6.55. The Kier molecular flexibility index (Phi) is 9.38. The largest absolute Gasteiger partial charge is 0.494 e. The SMILES string of the molecule is CCCCCOc1ccc(C(O)(CCC)C(CN2CCOCC2)c2ccccc2)cc1. The van der Waals surface area contributed by atoms with Crippen LogP contribution in [0.5, 0.6) is 5.75 Å². The maximum absolute atomic E-state index is 12.2. The van der Waals surface area contributed by atoms with E-state index in [0.29, 0.717) is 6.42 Å². The first-order valence-corrected chi connectivity index (χ1v) is 12.0. The fourth-order valence-corrected chi connectivity index (χ4v) is 4.54. The van der Waals surface area contributed by atoms with E-state index in [0.717, 1.165) is 63.6 Å². The Balaban J connectivity index is 1.85. The second kappa shape index (κ2) is 12.2. The Morgan fingerprint density at radius 1 is 0.968 bits per heavy atom. The highest BCUT2D eigenvalue weighted by Gasteiger charge is 2.39. The fraction of sp³-hybridized carbons (Fsp3) is 0.556. The first-order valence-electron chi connectivity index (χ1n) is 12.0. The first kappa shape index (κ1) is 23.8. The molecule has 2 aromatic rings. The second-order valence-electron chi connectivity index (χ2n) is 8.63. The molecule has 4 heteroatoms. The molecule has 3 rings (SSSR count). The summed E-state index contributed by atoms with van der Waals surface area (Å²) < 4.78 is 11.4. The van der Waals surface area contributed by atoms with Crippen LogP contribution in [0.1, 0.15) is 63.0 Å². The first-order chi connectivity index (χ1) is 15.2. The molecule has 0 aliphatic carbocycles. The number of ether oxygens (including phenoxy) is 2. The molecule has 0 bridgehead atoms. The Bertz CT molecular complexity index is 743. The van der Waals surface area contributed by atoms with E-state index in [9.17, 15) is 5.11 Å². The number of nitrogens with zero attached hydrogens (tertiary/aromatic N) is 1. The number of benzene rings is 2. The predicted molar refractivity (Wildman–Crippen MR) is 127 cm³/mol. The molecule has 0 spiro atoms. The summed E-state index contributed by atoms with van der Waals surface area (Å²) in [6.45, 7) is 9.26. The van der Waals surface area contributed by atoms with Crippen LogP contribution in [0, 0.1) is 0 Å². The molecule has 0 amide bonds.